The predicted molar refractivity (Wildman–Crippen MR) is 68.0 cm³/mol. The van der Waals surface area contributed by atoms with Crippen molar-refractivity contribution in [3.8, 4) is 10.4 Å². The average molecular weight is 245 g/mol. The molecule has 1 amide bonds. The Balaban J connectivity index is 2.02. The molecule has 2 heterocycles. The molecule has 1 aromatic carbocycles. The summed E-state index contributed by atoms with van der Waals surface area (Å²) in [4.78, 5) is 14.5. The molecule has 86 valence electrons. The lowest BCUT2D eigenvalue weighted by molar-refractivity contribution is -0.666. The monoisotopic (exact) mass is 245 g/mol. The molecule has 0 fully saturated rings. The Kier molecular flexibility index (Phi) is 2.44. The molecule has 17 heavy (non-hydrogen) atoms. The van der Waals surface area contributed by atoms with Crippen molar-refractivity contribution in [3.05, 3.63) is 36.5 Å². The smallest absolute Gasteiger partial charge is 0.247 e. The maximum atomic E-state index is 11.5. The zero-order chi connectivity index (χ0) is 11.8. The largest absolute Gasteiger partial charge is 0.344 e. The average Bonchev–Trinajstić information content (AvgIpc) is 2.88. The maximum Gasteiger partial charge on any atom is 0.344 e. The first kappa shape index (κ1) is 10.5. The molecule has 0 saturated heterocycles. The van der Waals surface area contributed by atoms with Gasteiger partial charge in [-0.3, -0.25) is 0 Å². The molecule has 0 spiro atoms. The van der Waals surface area contributed by atoms with Crippen LogP contribution in [0.1, 0.15) is 6.92 Å². The number of anilines is 1. The fraction of sp³-hybridized carbons (Fsp3) is 0.231. The Morgan fingerprint density at radius 2 is 2.12 bits per heavy atom. The number of carbonyl (C=O) groups excluding carboxylic acids is 1. The second kappa shape index (κ2) is 3.96. The second-order valence-corrected chi connectivity index (χ2v) is 5.12. The topological polar surface area (TPSA) is 24.2 Å². The summed E-state index contributed by atoms with van der Waals surface area (Å²) in [5, 5.41) is 1.05. The number of fused-ring (bicyclic) bond motifs is 1. The fourth-order valence-corrected chi connectivity index (χ4v) is 3.30. The van der Waals surface area contributed by atoms with Gasteiger partial charge in [0.25, 0.3) is 0 Å². The van der Waals surface area contributed by atoms with Crippen LogP contribution in [0.2, 0.25) is 0 Å². The van der Waals surface area contributed by atoms with Crippen LogP contribution in [0.25, 0.3) is 10.4 Å². The number of nitrogens with zero attached hydrogens (tertiary/aromatic N) is 2. The van der Waals surface area contributed by atoms with Crippen LogP contribution in [0.3, 0.4) is 0 Å². The molecular formula is C13H13N2OS+. The van der Waals surface area contributed by atoms with Gasteiger partial charge in [-0.2, -0.15) is 4.90 Å². The Morgan fingerprint density at radius 1 is 1.35 bits per heavy atom. The molecule has 0 radical (unpaired) electrons. The van der Waals surface area contributed by atoms with Crippen LogP contribution >= 0.6 is 11.3 Å². The van der Waals surface area contributed by atoms with Gasteiger partial charge in [-0.05, 0) is 16.9 Å². The predicted octanol–water partition coefficient (Wildman–Crippen LogP) is 2.07. The molecule has 4 heteroatoms. The molecule has 1 aliphatic rings. The van der Waals surface area contributed by atoms with Crippen molar-refractivity contribution < 1.29 is 9.36 Å². The zero-order valence-electron chi connectivity index (χ0n) is 9.59. The van der Waals surface area contributed by atoms with Gasteiger partial charge < -0.3 is 0 Å². The van der Waals surface area contributed by atoms with E-state index in [4.69, 9.17) is 0 Å². The van der Waals surface area contributed by atoms with Crippen molar-refractivity contribution in [2.75, 3.05) is 11.4 Å². The number of aromatic nitrogens is 1. The standard InChI is InChI=1S/C13H13N2OS/c1-10(16)15-8-7-14-9-12(17-13(14)15)11-5-3-2-4-6-11/h2-6,9H,7-8H2,1H3/q+1. The summed E-state index contributed by atoms with van der Waals surface area (Å²) in [7, 11) is 0. The molecule has 0 unspecified atom stereocenters. The van der Waals surface area contributed by atoms with Crippen LogP contribution in [0.15, 0.2) is 36.5 Å². The highest BCUT2D eigenvalue weighted by atomic mass is 32.1. The van der Waals surface area contributed by atoms with Crippen LogP contribution in [-0.4, -0.2) is 12.5 Å². The van der Waals surface area contributed by atoms with E-state index in [9.17, 15) is 4.79 Å². The van der Waals surface area contributed by atoms with E-state index >= 15 is 0 Å². The van der Waals surface area contributed by atoms with E-state index in [1.165, 1.54) is 10.4 Å². The summed E-state index contributed by atoms with van der Waals surface area (Å²) in [6.45, 7) is 3.33. The Morgan fingerprint density at radius 3 is 2.82 bits per heavy atom. The Hall–Kier alpha value is -1.68. The molecule has 0 aliphatic carbocycles. The highest BCUT2D eigenvalue weighted by Gasteiger charge is 2.33. The van der Waals surface area contributed by atoms with Gasteiger partial charge >= 0.3 is 11.0 Å². The lowest BCUT2D eigenvalue weighted by Crippen LogP contribution is -2.28. The van der Waals surface area contributed by atoms with Gasteiger partial charge in [-0.1, -0.05) is 30.3 Å². The number of hydrogen-bond acceptors (Lipinski definition) is 2. The number of hydrogen-bond donors (Lipinski definition) is 0. The molecule has 3 nitrogen and oxygen atoms in total. The molecule has 2 aromatic rings. The summed E-state index contributed by atoms with van der Waals surface area (Å²) in [5.41, 5.74) is 1.21. The van der Waals surface area contributed by atoms with Gasteiger partial charge in [0.05, 0.1) is 4.88 Å². The lowest BCUT2D eigenvalue weighted by Gasteiger charge is -2.00. The highest BCUT2D eigenvalue weighted by Crippen LogP contribution is 2.31. The summed E-state index contributed by atoms with van der Waals surface area (Å²) in [5.74, 6) is 0.123. The Labute approximate surface area is 104 Å². The van der Waals surface area contributed by atoms with Crippen LogP contribution < -0.4 is 9.47 Å². The van der Waals surface area contributed by atoms with E-state index in [0.717, 1.165) is 18.2 Å². The van der Waals surface area contributed by atoms with E-state index in [-0.39, 0.29) is 5.91 Å². The third kappa shape index (κ3) is 1.74. The van der Waals surface area contributed by atoms with Crippen LogP contribution in [0.5, 0.6) is 0 Å². The van der Waals surface area contributed by atoms with E-state index in [1.54, 1.807) is 18.3 Å². The first-order valence-electron chi connectivity index (χ1n) is 5.62. The fourth-order valence-electron chi connectivity index (χ4n) is 2.08. The van der Waals surface area contributed by atoms with E-state index in [2.05, 4.69) is 22.9 Å². The minimum Gasteiger partial charge on any atom is -0.247 e. The number of amides is 1. The molecule has 0 bridgehead atoms. The zero-order valence-corrected chi connectivity index (χ0v) is 10.4. The first-order valence-corrected chi connectivity index (χ1v) is 6.44. The van der Waals surface area contributed by atoms with Crippen molar-refractivity contribution >= 4 is 22.4 Å². The normalized spacial score (nSPS) is 13.8. The third-order valence-electron chi connectivity index (χ3n) is 2.95. The van der Waals surface area contributed by atoms with Crippen molar-refractivity contribution in [3.63, 3.8) is 0 Å². The van der Waals surface area contributed by atoms with Crippen LogP contribution in [0.4, 0.5) is 5.13 Å². The van der Waals surface area contributed by atoms with Gasteiger partial charge in [0.15, 0.2) is 0 Å². The molecule has 1 aliphatic heterocycles. The number of thiazole rings is 1. The summed E-state index contributed by atoms with van der Waals surface area (Å²) in [6.07, 6.45) is 2.14. The summed E-state index contributed by atoms with van der Waals surface area (Å²) < 4.78 is 2.16. The van der Waals surface area contributed by atoms with Crippen molar-refractivity contribution in [2.24, 2.45) is 0 Å². The molecule has 1 aromatic heterocycles. The maximum absolute atomic E-state index is 11.5. The van der Waals surface area contributed by atoms with Crippen LogP contribution in [0, 0.1) is 0 Å². The highest BCUT2D eigenvalue weighted by molar-refractivity contribution is 7.18. The molecule has 0 N–H and O–H groups in total. The molecule has 0 atom stereocenters. The number of benzene rings is 1. The van der Waals surface area contributed by atoms with Gasteiger partial charge in [-0.15, -0.1) is 0 Å². The van der Waals surface area contributed by atoms with Crippen molar-refractivity contribution in [2.45, 2.75) is 13.5 Å². The van der Waals surface area contributed by atoms with Crippen LogP contribution in [-0.2, 0) is 11.3 Å². The number of rotatable bonds is 1. The van der Waals surface area contributed by atoms with E-state index < -0.39 is 0 Å². The molecular weight excluding hydrogens is 232 g/mol. The van der Waals surface area contributed by atoms with Gasteiger partial charge in [0.2, 0.25) is 0 Å². The molecule has 3 rings (SSSR count). The Bertz CT molecular complexity index is 562. The summed E-state index contributed by atoms with van der Waals surface area (Å²) in [6, 6.07) is 10.3. The minimum atomic E-state index is 0.123. The van der Waals surface area contributed by atoms with Crippen molar-refractivity contribution in [1.29, 1.82) is 0 Å². The summed E-state index contributed by atoms with van der Waals surface area (Å²) >= 11 is 1.68. The number of carbonyl (C=O) groups is 1. The van der Waals surface area contributed by atoms with E-state index in [0.29, 0.717) is 0 Å². The van der Waals surface area contributed by atoms with Gasteiger partial charge in [-0.25, -0.2) is 9.36 Å². The SMILES string of the molecule is CC(=O)N1CC[n+]2cc(-c3ccccc3)sc21. The first-order chi connectivity index (χ1) is 8.25. The van der Waals surface area contributed by atoms with E-state index in [1.807, 2.05) is 23.1 Å². The molecule has 0 saturated carbocycles. The lowest BCUT2D eigenvalue weighted by atomic mass is 10.2. The third-order valence-corrected chi connectivity index (χ3v) is 4.15. The van der Waals surface area contributed by atoms with Gasteiger partial charge in [0.1, 0.15) is 19.3 Å². The quantitative estimate of drug-likeness (QED) is 0.706. The second-order valence-electron chi connectivity index (χ2n) is 4.11. The van der Waals surface area contributed by atoms with Crippen molar-refractivity contribution in [1.82, 2.24) is 0 Å². The minimum absolute atomic E-state index is 0.123. The van der Waals surface area contributed by atoms with Gasteiger partial charge in [0, 0.05) is 6.92 Å².